The summed E-state index contributed by atoms with van der Waals surface area (Å²) in [6, 6.07) is 7.63. The third-order valence-electron chi connectivity index (χ3n) is 3.65. The van der Waals surface area contributed by atoms with E-state index in [9.17, 15) is 9.59 Å². The number of esters is 1. The number of methoxy groups -OCH3 is 2. The zero-order valence-corrected chi connectivity index (χ0v) is 18.0. The van der Waals surface area contributed by atoms with Gasteiger partial charge in [0.05, 0.1) is 29.3 Å². The van der Waals surface area contributed by atoms with Crippen molar-refractivity contribution in [3.63, 3.8) is 0 Å². The van der Waals surface area contributed by atoms with Gasteiger partial charge in [0.25, 0.3) is 5.91 Å². The molecule has 0 heterocycles. The first-order chi connectivity index (χ1) is 13.7. The van der Waals surface area contributed by atoms with Crippen molar-refractivity contribution >= 4 is 52.4 Å². The topological polar surface area (TPSA) is 83.1 Å². The fraction of sp³-hybridized carbons (Fsp3) is 0.263. The van der Waals surface area contributed by atoms with Crippen LogP contribution in [0.15, 0.2) is 30.3 Å². The molecule has 2 aromatic rings. The van der Waals surface area contributed by atoms with Crippen molar-refractivity contribution in [2.24, 2.45) is 0 Å². The normalized spacial score (nSPS) is 11.4. The summed E-state index contributed by atoms with van der Waals surface area (Å²) in [5, 5.41) is 3.29. The number of benzene rings is 2. The number of nitrogens with one attached hydrogen (secondary N) is 1. The van der Waals surface area contributed by atoms with Crippen LogP contribution in [0.25, 0.3) is 0 Å². The lowest BCUT2D eigenvalue weighted by Crippen LogP contribution is -2.31. The molecule has 156 valence electrons. The number of carbonyl (C=O) groups excluding carboxylic acids is 2. The fourth-order valence-electron chi connectivity index (χ4n) is 2.19. The molecule has 0 radical (unpaired) electrons. The zero-order chi connectivity index (χ0) is 21.6. The zero-order valence-electron chi connectivity index (χ0n) is 15.8. The summed E-state index contributed by atoms with van der Waals surface area (Å²) in [5.74, 6) is -0.161. The van der Waals surface area contributed by atoms with Gasteiger partial charge in [-0.2, -0.15) is 0 Å². The van der Waals surface area contributed by atoms with E-state index in [1.807, 2.05) is 0 Å². The molecule has 1 N–H and O–H groups in total. The van der Waals surface area contributed by atoms with Crippen molar-refractivity contribution in [2.45, 2.75) is 13.0 Å². The van der Waals surface area contributed by atoms with E-state index in [-0.39, 0.29) is 20.8 Å². The van der Waals surface area contributed by atoms with Gasteiger partial charge in [0.2, 0.25) is 0 Å². The Morgan fingerprint density at radius 3 is 2.24 bits per heavy atom. The lowest BCUT2D eigenvalue weighted by atomic mass is 10.2. The second-order valence-electron chi connectivity index (χ2n) is 5.68. The molecule has 0 saturated heterocycles. The van der Waals surface area contributed by atoms with Gasteiger partial charge in [-0.15, -0.1) is 0 Å². The second kappa shape index (κ2) is 10.4. The van der Waals surface area contributed by atoms with Gasteiger partial charge in [0, 0.05) is 17.8 Å². The van der Waals surface area contributed by atoms with Crippen LogP contribution in [0.1, 0.15) is 6.92 Å². The SMILES string of the molecule is COc1ccc(NC(=O)C(C)OC(=O)COc2cc(Cl)c(Cl)cc2Cl)cc1OC. The van der Waals surface area contributed by atoms with Crippen molar-refractivity contribution in [3.05, 3.63) is 45.4 Å². The average molecular weight is 463 g/mol. The predicted molar refractivity (Wildman–Crippen MR) is 111 cm³/mol. The van der Waals surface area contributed by atoms with Crippen LogP contribution in [0.4, 0.5) is 5.69 Å². The van der Waals surface area contributed by atoms with Gasteiger partial charge in [0.15, 0.2) is 24.2 Å². The number of anilines is 1. The van der Waals surface area contributed by atoms with Crippen molar-refractivity contribution in [1.29, 1.82) is 0 Å². The summed E-state index contributed by atoms with van der Waals surface area (Å²) in [4.78, 5) is 24.2. The van der Waals surface area contributed by atoms with Gasteiger partial charge in [0.1, 0.15) is 5.75 Å². The molecule has 29 heavy (non-hydrogen) atoms. The highest BCUT2D eigenvalue weighted by molar-refractivity contribution is 6.43. The Labute approximate surface area is 182 Å². The van der Waals surface area contributed by atoms with Crippen molar-refractivity contribution in [2.75, 3.05) is 26.1 Å². The van der Waals surface area contributed by atoms with E-state index in [1.54, 1.807) is 18.2 Å². The van der Waals surface area contributed by atoms with Gasteiger partial charge in [-0.05, 0) is 25.1 Å². The summed E-state index contributed by atoms with van der Waals surface area (Å²) in [6.45, 7) is 0.964. The summed E-state index contributed by atoms with van der Waals surface area (Å²) in [6.07, 6.45) is -1.07. The number of hydrogen-bond donors (Lipinski definition) is 1. The Morgan fingerprint density at radius 1 is 0.931 bits per heavy atom. The van der Waals surface area contributed by atoms with Gasteiger partial charge in [-0.1, -0.05) is 34.8 Å². The Kier molecular flexibility index (Phi) is 8.25. The molecular formula is C19H18Cl3NO6. The van der Waals surface area contributed by atoms with Crippen LogP contribution in [-0.2, 0) is 14.3 Å². The first-order valence-electron chi connectivity index (χ1n) is 8.24. The van der Waals surface area contributed by atoms with Crippen molar-refractivity contribution in [1.82, 2.24) is 0 Å². The van der Waals surface area contributed by atoms with E-state index < -0.39 is 24.6 Å². The molecule has 2 aromatic carbocycles. The highest BCUT2D eigenvalue weighted by Crippen LogP contribution is 2.34. The van der Waals surface area contributed by atoms with Crippen LogP contribution >= 0.6 is 34.8 Å². The van der Waals surface area contributed by atoms with Crippen LogP contribution in [-0.4, -0.2) is 38.8 Å². The maximum atomic E-state index is 12.3. The molecular weight excluding hydrogens is 445 g/mol. The molecule has 1 amide bonds. The number of halogens is 3. The van der Waals surface area contributed by atoms with Crippen LogP contribution in [0.5, 0.6) is 17.2 Å². The smallest absolute Gasteiger partial charge is 0.344 e. The van der Waals surface area contributed by atoms with Crippen molar-refractivity contribution in [3.8, 4) is 17.2 Å². The molecule has 0 aliphatic rings. The first-order valence-corrected chi connectivity index (χ1v) is 9.38. The lowest BCUT2D eigenvalue weighted by Gasteiger charge is -2.15. The Balaban J connectivity index is 1.90. The molecule has 0 aromatic heterocycles. The van der Waals surface area contributed by atoms with Crippen LogP contribution in [0.3, 0.4) is 0 Å². The molecule has 10 heteroatoms. The van der Waals surface area contributed by atoms with Crippen molar-refractivity contribution < 1.29 is 28.5 Å². The van der Waals surface area contributed by atoms with Crippen LogP contribution < -0.4 is 19.5 Å². The first kappa shape index (κ1) is 22.9. The van der Waals surface area contributed by atoms with Crippen LogP contribution in [0.2, 0.25) is 15.1 Å². The molecule has 0 aliphatic carbocycles. The molecule has 0 saturated carbocycles. The minimum Gasteiger partial charge on any atom is -0.493 e. The fourth-order valence-corrected chi connectivity index (χ4v) is 2.79. The number of hydrogen-bond acceptors (Lipinski definition) is 6. The summed E-state index contributed by atoms with van der Waals surface area (Å²) in [7, 11) is 2.98. The second-order valence-corrected chi connectivity index (χ2v) is 6.90. The average Bonchev–Trinajstić information content (AvgIpc) is 2.69. The number of amides is 1. The molecule has 7 nitrogen and oxygen atoms in total. The molecule has 2 rings (SSSR count). The standard InChI is InChI=1S/C19H18Cl3NO6/c1-10(19(25)23-11-4-5-15(26-2)17(6-11)27-3)29-18(24)9-28-16-8-13(21)12(20)7-14(16)22/h4-8,10H,9H2,1-3H3,(H,23,25). The summed E-state index contributed by atoms with van der Waals surface area (Å²) in [5.41, 5.74) is 0.453. The molecule has 0 spiro atoms. The molecule has 0 fully saturated rings. The van der Waals surface area contributed by atoms with E-state index >= 15 is 0 Å². The predicted octanol–water partition coefficient (Wildman–Crippen LogP) is 4.61. The molecule has 0 bridgehead atoms. The van der Waals surface area contributed by atoms with Gasteiger partial charge in [-0.3, -0.25) is 4.79 Å². The minimum atomic E-state index is -1.07. The number of ether oxygens (including phenoxy) is 4. The van der Waals surface area contributed by atoms with Gasteiger partial charge < -0.3 is 24.3 Å². The quantitative estimate of drug-likeness (QED) is 0.455. The Bertz CT molecular complexity index is 906. The number of rotatable bonds is 8. The highest BCUT2D eigenvalue weighted by Gasteiger charge is 2.19. The third kappa shape index (κ3) is 6.32. The Hall–Kier alpha value is -2.35. The monoisotopic (exact) mass is 461 g/mol. The maximum absolute atomic E-state index is 12.3. The minimum absolute atomic E-state index is 0.167. The van der Waals surface area contributed by atoms with E-state index in [0.29, 0.717) is 17.2 Å². The van der Waals surface area contributed by atoms with Crippen LogP contribution in [0, 0.1) is 0 Å². The molecule has 0 aliphatic heterocycles. The van der Waals surface area contributed by atoms with Gasteiger partial charge in [-0.25, -0.2) is 4.79 Å². The molecule has 1 atom stereocenters. The van der Waals surface area contributed by atoms with Gasteiger partial charge >= 0.3 is 5.97 Å². The van der Waals surface area contributed by atoms with E-state index in [0.717, 1.165) is 0 Å². The number of carbonyl (C=O) groups is 2. The van der Waals surface area contributed by atoms with E-state index in [2.05, 4.69) is 5.32 Å². The third-order valence-corrected chi connectivity index (χ3v) is 4.67. The largest absolute Gasteiger partial charge is 0.493 e. The highest BCUT2D eigenvalue weighted by atomic mass is 35.5. The summed E-state index contributed by atoms with van der Waals surface area (Å²) >= 11 is 17.7. The van der Waals surface area contributed by atoms with E-state index in [4.69, 9.17) is 53.8 Å². The molecule has 1 unspecified atom stereocenters. The maximum Gasteiger partial charge on any atom is 0.344 e. The summed E-state index contributed by atoms with van der Waals surface area (Å²) < 4.78 is 20.7. The lowest BCUT2D eigenvalue weighted by molar-refractivity contribution is -0.155. The van der Waals surface area contributed by atoms with E-state index in [1.165, 1.54) is 33.3 Å². The Morgan fingerprint density at radius 2 is 1.59 bits per heavy atom.